The molecular formula is C27H27Cl2F2N3O5. The third kappa shape index (κ3) is 8.00. The van der Waals surface area contributed by atoms with Crippen LogP contribution in [0.4, 0.5) is 19.3 Å². The molecule has 8 nitrogen and oxygen atoms in total. The number of nitrogens with zero attached hydrogens (tertiary/aromatic N) is 2. The lowest BCUT2D eigenvalue weighted by Crippen LogP contribution is -2.29. The first-order valence-electron chi connectivity index (χ1n) is 12.1. The van der Waals surface area contributed by atoms with E-state index in [1.165, 1.54) is 23.1 Å². The minimum Gasteiger partial charge on any atom is -0.619 e. The Morgan fingerprint density at radius 3 is 2.41 bits per heavy atom. The molecule has 1 aliphatic carbocycles. The van der Waals surface area contributed by atoms with Crippen LogP contribution in [0.2, 0.25) is 10.0 Å². The minimum atomic E-state index is -3.05. The number of amides is 1. The molecule has 39 heavy (non-hydrogen) atoms. The average molecular weight is 582 g/mol. The van der Waals surface area contributed by atoms with Crippen molar-refractivity contribution >= 4 is 35.0 Å². The van der Waals surface area contributed by atoms with E-state index in [4.69, 9.17) is 38.4 Å². The third-order valence-electron chi connectivity index (χ3n) is 6.13. The molecule has 0 unspecified atom stereocenters. The Labute approximate surface area is 234 Å². The Balaban J connectivity index is 1.62. The minimum absolute atomic E-state index is 0.00290. The number of nitrogens with two attached hydrogens (primary N) is 1. The number of rotatable bonds is 11. The van der Waals surface area contributed by atoms with Crippen LogP contribution in [0.25, 0.3) is 0 Å². The van der Waals surface area contributed by atoms with Crippen LogP contribution in [0.15, 0.2) is 54.9 Å². The van der Waals surface area contributed by atoms with Gasteiger partial charge < -0.3 is 30.1 Å². The van der Waals surface area contributed by atoms with Crippen molar-refractivity contribution < 1.29 is 32.5 Å². The Morgan fingerprint density at radius 2 is 1.79 bits per heavy atom. The van der Waals surface area contributed by atoms with Gasteiger partial charge in [0.2, 0.25) is 0 Å². The number of hydrogen-bond donors (Lipinski definition) is 1. The van der Waals surface area contributed by atoms with Gasteiger partial charge in [-0.1, -0.05) is 41.4 Å². The highest BCUT2D eigenvalue weighted by Crippen LogP contribution is 2.38. The van der Waals surface area contributed by atoms with E-state index >= 15 is 0 Å². The maximum absolute atomic E-state index is 13.1. The predicted molar refractivity (Wildman–Crippen MR) is 142 cm³/mol. The van der Waals surface area contributed by atoms with Crippen LogP contribution in [0.3, 0.4) is 0 Å². The van der Waals surface area contributed by atoms with Crippen molar-refractivity contribution in [1.82, 2.24) is 4.90 Å². The van der Waals surface area contributed by atoms with E-state index in [1.807, 2.05) is 0 Å². The largest absolute Gasteiger partial charge is 0.619 e. The van der Waals surface area contributed by atoms with Crippen molar-refractivity contribution in [2.75, 3.05) is 19.4 Å². The zero-order valence-corrected chi connectivity index (χ0v) is 22.5. The third-order valence-corrected chi connectivity index (χ3v) is 6.78. The number of hydrogen-bond acceptors (Lipinski definition) is 6. The van der Waals surface area contributed by atoms with Gasteiger partial charge in [0.15, 0.2) is 23.9 Å². The monoisotopic (exact) mass is 581 g/mol. The zero-order valence-electron chi connectivity index (χ0n) is 21.0. The van der Waals surface area contributed by atoms with Gasteiger partial charge in [-0.2, -0.15) is 13.5 Å². The summed E-state index contributed by atoms with van der Waals surface area (Å²) in [7, 11) is 1.57. The van der Waals surface area contributed by atoms with Crippen LogP contribution in [-0.2, 0) is 17.7 Å². The number of nitrogen functional groups attached to an aromatic ring is 1. The molecule has 12 heteroatoms. The van der Waals surface area contributed by atoms with Crippen molar-refractivity contribution in [2.24, 2.45) is 5.92 Å². The fourth-order valence-corrected chi connectivity index (χ4v) is 4.43. The van der Waals surface area contributed by atoms with Crippen molar-refractivity contribution in [3.63, 3.8) is 0 Å². The standard InChI is InChI=1S/C27H27Cl2F2N3O5/c1-33(12-16-4-7-19(32)8-5-16)27(35)39-24(11-20-21(28)13-34(36)14-22(20)29)18-6-9-23(38-26(30)31)25(10-18)37-15-17-2-3-17/h4-10,13-14,17,24,26H,2-3,11-12,15,32H2,1H3/t24-/m0/s1. The molecule has 4 rings (SSSR count). The molecule has 1 heterocycles. The molecule has 1 amide bonds. The van der Waals surface area contributed by atoms with Crippen molar-refractivity contribution in [1.29, 1.82) is 0 Å². The van der Waals surface area contributed by atoms with E-state index in [2.05, 4.69) is 4.74 Å². The summed E-state index contributed by atoms with van der Waals surface area (Å²) in [5.74, 6) is 0.311. The quantitative estimate of drug-likeness (QED) is 0.165. The van der Waals surface area contributed by atoms with Crippen LogP contribution in [-0.4, -0.2) is 31.3 Å². The number of aromatic nitrogens is 1. The van der Waals surface area contributed by atoms with Crippen molar-refractivity contribution in [3.05, 3.63) is 86.8 Å². The average Bonchev–Trinajstić information content (AvgIpc) is 3.70. The molecule has 1 aliphatic rings. The van der Waals surface area contributed by atoms with Crippen LogP contribution in [0.5, 0.6) is 11.5 Å². The number of carbonyl (C=O) groups excluding carboxylic acids is 1. The molecule has 1 aromatic heterocycles. The second-order valence-electron chi connectivity index (χ2n) is 9.31. The SMILES string of the molecule is CN(Cc1ccc(N)cc1)C(=O)O[C@@H](Cc1c(Cl)c[n+]([O-])cc1Cl)c1ccc(OC(F)F)c(OCC2CC2)c1. The molecule has 0 radical (unpaired) electrons. The van der Waals surface area contributed by atoms with Gasteiger partial charge in [0, 0.05) is 31.3 Å². The Kier molecular flexibility index (Phi) is 9.19. The summed E-state index contributed by atoms with van der Waals surface area (Å²) in [6.07, 6.45) is 2.64. The molecule has 3 aromatic rings. The van der Waals surface area contributed by atoms with E-state index in [0.717, 1.165) is 30.8 Å². The summed E-state index contributed by atoms with van der Waals surface area (Å²) in [4.78, 5) is 14.5. The van der Waals surface area contributed by atoms with Gasteiger partial charge in [-0.05, 0) is 54.2 Å². The van der Waals surface area contributed by atoms with Gasteiger partial charge in [0.1, 0.15) is 16.1 Å². The highest BCUT2D eigenvalue weighted by Gasteiger charge is 2.27. The summed E-state index contributed by atoms with van der Waals surface area (Å²) in [6, 6.07) is 11.4. The molecule has 0 aliphatic heterocycles. The van der Waals surface area contributed by atoms with Gasteiger partial charge in [-0.15, -0.1) is 0 Å². The lowest BCUT2D eigenvalue weighted by atomic mass is 10.0. The summed E-state index contributed by atoms with van der Waals surface area (Å²) < 4.78 is 42.8. The van der Waals surface area contributed by atoms with Gasteiger partial charge >= 0.3 is 12.7 Å². The maximum Gasteiger partial charge on any atom is 0.410 e. The number of carbonyl (C=O) groups is 1. The lowest BCUT2D eigenvalue weighted by molar-refractivity contribution is -0.605. The summed E-state index contributed by atoms with van der Waals surface area (Å²) in [5, 5.41) is 11.9. The van der Waals surface area contributed by atoms with Crippen LogP contribution < -0.4 is 19.9 Å². The van der Waals surface area contributed by atoms with E-state index in [1.54, 1.807) is 31.3 Å². The van der Waals surface area contributed by atoms with Gasteiger partial charge in [0.25, 0.3) is 0 Å². The summed E-state index contributed by atoms with van der Waals surface area (Å²) in [5.41, 5.74) is 7.97. The highest BCUT2D eigenvalue weighted by molar-refractivity contribution is 6.35. The van der Waals surface area contributed by atoms with Crippen LogP contribution in [0, 0.1) is 11.1 Å². The molecule has 1 fully saturated rings. The first-order chi connectivity index (χ1) is 18.6. The molecule has 0 spiro atoms. The topological polar surface area (TPSA) is 101 Å². The molecule has 0 saturated heterocycles. The first-order valence-corrected chi connectivity index (χ1v) is 12.9. The van der Waals surface area contributed by atoms with E-state index in [0.29, 0.717) is 34.1 Å². The van der Waals surface area contributed by atoms with Gasteiger partial charge in [-0.3, -0.25) is 0 Å². The number of ether oxygens (including phenoxy) is 3. The molecule has 208 valence electrons. The van der Waals surface area contributed by atoms with E-state index in [-0.39, 0.29) is 34.5 Å². The molecule has 1 saturated carbocycles. The maximum atomic E-state index is 13.1. The first kappa shape index (κ1) is 28.5. The number of benzene rings is 2. The van der Waals surface area contributed by atoms with E-state index < -0.39 is 18.8 Å². The van der Waals surface area contributed by atoms with Crippen LogP contribution >= 0.6 is 23.2 Å². The van der Waals surface area contributed by atoms with Gasteiger partial charge in [-0.25, -0.2) is 4.79 Å². The molecule has 2 N–H and O–H groups in total. The lowest BCUT2D eigenvalue weighted by Gasteiger charge is -2.24. The molecule has 2 aromatic carbocycles. The Morgan fingerprint density at radius 1 is 1.13 bits per heavy atom. The number of anilines is 1. The smallest absolute Gasteiger partial charge is 0.410 e. The molecule has 1 atom stereocenters. The van der Waals surface area contributed by atoms with Crippen molar-refractivity contribution in [2.45, 2.75) is 38.5 Å². The van der Waals surface area contributed by atoms with Crippen molar-refractivity contribution in [3.8, 4) is 11.5 Å². The zero-order chi connectivity index (χ0) is 28.1. The van der Waals surface area contributed by atoms with Gasteiger partial charge in [0.05, 0.1) is 6.61 Å². The second kappa shape index (κ2) is 12.6. The molecular weight excluding hydrogens is 555 g/mol. The fourth-order valence-electron chi connectivity index (χ4n) is 3.83. The fraction of sp³-hybridized carbons (Fsp3) is 0.333. The normalized spacial score (nSPS) is 13.7. The summed E-state index contributed by atoms with van der Waals surface area (Å²) >= 11 is 12.6. The number of pyridine rings is 1. The van der Waals surface area contributed by atoms with Crippen LogP contribution in [0.1, 0.15) is 35.6 Å². The Hall–Kier alpha value is -3.50. The molecule has 0 bridgehead atoms. The van der Waals surface area contributed by atoms with E-state index in [9.17, 15) is 18.8 Å². The Bertz CT molecular complexity index is 1290. The summed E-state index contributed by atoms with van der Waals surface area (Å²) in [6.45, 7) is -2.46. The predicted octanol–water partition coefficient (Wildman–Crippen LogP) is 6.15. The number of halogens is 4. The highest BCUT2D eigenvalue weighted by atomic mass is 35.5. The second-order valence-corrected chi connectivity index (χ2v) is 10.1. The number of alkyl halides is 2.